The van der Waals surface area contributed by atoms with Crippen LogP contribution in [0.3, 0.4) is 0 Å². The van der Waals surface area contributed by atoms with Crippen molar-refractivity contribution in [1.29, 1.82) is 0 Å². The fourth-order valence-corrected chi connectivity index (χ4v) is 9.45. The molecule has 0 aromatic rings. The Labute approximate surface area is 143 Å². The first-order chi connectivity index (χ1) is 10.5. The number of hydrogen-bond donors (Lipinski definition) is 3. The molecule has 3 N–H and O–H groups in total. The van der Waals surface area contributed by atoms with Crippen molar-refractivity contribution in [2.75, 3.05) is 6.61 Å². The zero-order valence-corrected chi connectivity index (χ0v) is 17.0. The van der Waals surface area contributed by atoms with E-state index >= 15 is 0 Å². The van der Waals surface area contributed by atoms with Crippen LogP contribution in [0.2, 0.25) is 16.6 Å². The van der Waals surface area contributed by atoms with Gasteiger partial charge in [-0.15, -0.1) is 6.58 Å². The third kappa shape index (κ3) is 5.68. The molecule has 0 aliphatic rings. The van der Waals surface area contributed by atoms with Gasteiger partial charge in [0.25, 0.3) is 0 Å². The highest BCUT2D eigenvalue weighted by atomic mass is 28.4. The summed E-state index contributed by atoms with van der Waals surface area (Å²) < 4.78 is 6.71. The predicted molar refractivity (Wildman–Crippen MR) is 99.0 cm³/mol. The van der Waals surface area contributed by atoms with Gasteiger partial charge in [0.1, 0.15) is 6.10 Å². The largest absolute Gasteiger partial charge is 0.410 e. The van der Waals surface area contributed by atoms with Crippen molar-refractivity contribution >= 4 is 8.32 Å². The lowest BCUT2D eigenvalue weighted by molar-refractivity contribution is -0.0301. The average molecular weight is 347 g/mol. The lowest BCUT2D eigenvalue weighted by Gasteiger charge is -2.45. The van der Waals surface area contributed by atoms with Gasteiger partial charge in [-0.2, -0.15) is 0 Å². The monoisotopic (exact) mass is 346 g/mol. The summed E-state index contributed by atoms with van der Waals surface area (Å²) in [6.45, 7) is 18.9. The van der Waals surface area contributed by atoms with Crippen molar-refractivity contribution in [3.05, 3.63) is 12.7 Å². The molecule has 0 saturated heterocycles. The van der Waals surface area contributed by atoms with Gasteiger partial charge >= 0.3 is 0 Å². The predicted octanol–water partition coefficient (Wildman–Crippen LogP) is 3.47. The molecular weight excluding hydrogens is 308 g/mol. The minimum absolute atomic E-state index is 0.0202. The maximum atomic E-state index is 9.97. The van der Waals surface area contributed by atoms with Crippen LogP contribution in [0.15, 0.2) is 12.7 Å². The molecule has 0 saturated carbocycles. The molecule has 0 heterocycles. The second-order valence-corrected chi connectivity index (χ2v) is 13.1. The van der Waals surface area contributed by atoms with E-state index in [2.05, 4.69) is 48.1 Å². The van der Waals surface area contributed by atoms with Crippen molar-refractivity contribution in [2.45, 2.75) is 89.8 Å². The summed E-state index contributed by atoms with van der Waals surface area (Å²) in [7, 11) is -2.03. The smallest absolute Gasteiger partial charge is 0.201 e. The van der Waals surface area contributed by atoms with E-state index in [0.717, 1.165) is 0 Å². The lowest BCUT2D eigenvalue weighted by Crippen LogP contribution is -2.51. The minimum atomic E-state index is -2.03. The third-order valence-electron chi connectivity index (χ3n) is 5.08. The van der Waals surface area contributed by atoms with Crippen molar-refractivity contribution in [2.24, 2.45) is 5.92 Å². The van der Waals surface area contributed by atoms with Crippen molar-refractivity contribution in [3.8, 4) is 0 Å². The van der Waals surface area contributed by atoms with Gasteiger partial charge in [0.2, 0.25) is 8.32 Å². The van der Waals surface area contributed by atoms with Crippen LogP contribution in [0.5, 0.6) is 0 Å². The van der Waals surface area contributed by atoms with E-state index in [-0.39, 0.29) is 12.0 Å². The van der Waals surface area contributed by atoms with Gasteiger partial charge in [-0.3, -0.25) is 0 Å². The lowest BCUT2D eigenvalue weighted by atomic mass is 9.95. The normalized spacial score (nSPS) is 18.3. The molecule has 0 aliphatic heterocycles. The molecule has 4 atom stereocenters. The molecule has 138 valence electrons. The summed E-state index contributed by atoms with van der Waals surface area (Å²) in [5.41, 5.74) is 1.43. The zero-order chi connectivity index (χ0) is 18.4. The highest BCUT2D eigenvalue weighted by Gasteiger charge is 2.46. The Kier molecular flexibility index (Phi) is 9.85. The Bertz CT molecular complexity index is 322. The summed E-state index contributed by atoms with van der Waals surface area (Å²) in [5.74, 6) is 0.0202. The number of rotatable bonds is 11. The van der Waals surface area contributed by atoms with Crippen LogP contribution in [0.25, 0.3) is 0 Å². The second kappa shape index (κ2) is 9.94. The topological polar surface area (TPSA) is 69.9 Å². The van der Waals surface area contributed by atoms with E-state index < -0.39 is 27.1 Å². The molecule has 5 heteroatoms. The van der Waals surface area contributed by atoms with Gasteiger partial charge in [0, 0.05) is 0 Å². The summed E-state index contributed by atoms with van der Waals surface area (Å²) in [6, 6.07) is 0. The van der Waals surface area contributed by atoms with Gasteiger partial charge < -0.3 is 19.7 Å². The van der Waals surface area contributed by atoms with Crippen LogP contribution >= 0.6 is 0 Å². The Morgan fingerprint density at radius 1 is 0.913 bits per heavy atom. The Balaban J connectivity index is 5.25. The number of hydrogen-bond acceptors (Lipinski definition) is 4. The molecule has 0 aromatic carbocycles. The summed E-state index contributed by atoms with van der Waals surface area (Å²) in [4.78, 5) is 0. The van der Waals surface area contributed by atoms with E-state index in [1.807, 2.05) is 13.0 Å². The molecule has 0 radical (unpaired) electrons. The Morgan fingerprint density at radius 3 is 1.65 bits per heavy atom. The van der Waals surface area contributed by atoms with Gasteiger partial charge in [-0.25, -0.2) is 0 Å². The van der Waals surface area contributed by atoms with Gasteiger partial charge in [-0.1, -0.05) is 54.5 Å². The van der Waals surface area contributed by atoms with Crippen LogP contribution < -0.4 is 0 Å². The van der Waals surface area contributed by atoms with Gasteiger partial charge in [0.05, 0.1) is 18.8 Å². The molecule has 0 rings (SSSR count). The standard InChI is InChI=1S/C18H38O4Si/c1-9-18(15(8)10-16(20)17(21)11-19)22-23(12(2)3,13(4)5)14(6)7/h9,12-21H,1,10-11H2,2-8H3/t15-,16-,17-,18-/m0/s1. The molecule has 0 aliphatic carbocycles. The van der Waals surface area contributed by atoms with Gasteiger partial charge in [0.15, 0.2) is 0 Å². The molecule has 23 heavy (non-hydrogen) atoms. The van der Waals surface area contributed by atoms with Crippen LogP contribution in [0.4, 0.5) is 0 Å². The minimum Gasteiger partial charge on any atom is -0.410 e. The summed E-state index contributed by atoms with van der Waals surface area (Å²) >= 11 is 0. The maximum Gasteiger partial charge on any atom is 0.201 e. The first-order valence-electron chi connectivity index (χ1n) is 8.81. The third-order valence-corrected chi connectivity index (χ3v) is 11.2. The maximum absolute atomic E-state index is 9.97. The van der Waals surface area contributed by atoms with Gasteiger partial charge in [-0.05, 0) is 29.0 Å². The molecule has 0 unspecified atom stereocenters. The molecule has 0 fully saturated rings. The first-order valence-corrected chi connectivity index (χ1v) is 11.0. The van der Waals surface area contributed by atoms with E-state index in [9.17, 15) is 10.2 Å². The first kappa shape index (κ1) is 22.8. The molecule has 0 spiro atoms. The quantitative estimate of drug-likeness (QED) is 0.396. The fraction of sp³-hybridized carbons (Fsp3) is 0.889. The molecule has 4 nitrogen and oxygen atoms in total. The number of aliphatic hydroxyl groups is 3. The second-order valence-electron chi connectivity index (χ2n) is 7.67. The fourth-order valence-electron chi connectivity index (χ4n) is 3.83. The van der Waals surface area contributed by atoms with Crippen LogP contribution in [-0.4, -0.2) is 48.6 Å². The van der Waals surface area contributed by atoms with E-state index in [4.69, 9.17) is 9.53 Å². The highest BCUT2D eigenvalue weighted by molar-refractivity contribution is 6.77. The average Bonchev–Trinajstić information content (AvgIpc) is 2.45. The summed E-state index contributed by atoms with van der Waals surface area (Å²) in [6.07, 6.45) is -0.0247. The Morgan fingerprint density at radius 2 is 1.35 bits per heavy atom. The van der Waals surface area contributed by atoms with E-state index in [1.165, 1.54) is 0 Å². The van der Waals surface area contributed by atoms with Crippen molar-refractivity contribution in [3.63, 3.8) is 0 Å². The van der Waals surface area contributed by atoms with Crippen LogP contribution in [-0.2, 0) is 4.43 Å². The number of aliphatic hydroxyl groups excluding tert-OH is 3. The highest BCUT2D eigenvalue weighted by Crippen LogP contribution is 2.44. The molecule has 0 amide bonds. The molecule has 0 aromatic heterocycles. The molecular formula is C18H38O4Si. The van der Waals surface area contributed by atoms with Crippen LogP contribution in [0, 0.1) is 5.92 Å². The van der Waals surface area contributed by atoms with Crippen molar-refractivity contribution in [1.82, 2.24) is 0 Å². The molecule has 0 bridgehead atoms. The Hall–Kier alpha value is -0.203. The van der Waals surface area contributed by atoms with Crippen molar-refractivity contribution < 1.29 is 19.7 Å². The SMILES string of the molecule is C=C[C@H](O[Si](C(C)C)(C(C)C)C(C)C)[C@@H](C)C[C@H](O)[C@@H](O)CO. The summed E-state index contributed by atoms with van der Waals surface area (Å²) in [5, 5.41) is 28.5. The van der Waals surface area contributed by atoms with E-state index in [1.54, 1.807) is 0 Å². The van der Waals surface area contributed by atoms with E-state index in [0.29, 0.717) is 23.0 Å². The zero-order valence-electron chi connectivity index (χ0n) is 16.0. The van der Waals surface area contributed by atoms with Crippen LogP contribution in [0.1, 0.15) is 54.9 Å².